The van der Waals surface area contributed by atoms with Gasteiger partial charge in [-0.1, -0.05) is 6.92 Å². The van der Waals surface area contributed by atoms with Crippen LogP contribution in [-0.2, 0) is 0 Å². The van der Waals surface area contributed by atoms with Crippen molar-refractivity contribution in [1.82, 2.24) is 0 Å². The molecule has 2 bridgehead atoms. The molecule has 0 heterocycles. The zero-order chi connectivity index (χ0) is 19.0. The molecule has 0 aliphatic heterocycles. The van der Waals surface area contributed by atoms with Crippen LogP contribution in [-0.4, -0.2) is 34.9 Å². The van der Waals surface area contributed by atoms with Crippen molar-refractivity contribution in [3.8, 4) is 0 Å². The maximum absolute atomic E-state index is 13.9. The summed E-state index contributed by atoms with van der Waals surface area (Å²) in [6, 6.07) is 0. The molecule has 1 N–H and O–H groups in total. The molecular formula is C13H14F10O. The molecule has 0 unspecified atom stereocenters. The first-order valence-electron chi connectivity index (χ1n) is 6.98. The number of rotatable bonds is 3. The predicted octanol–water partition coefficient (Wildman–Crippen LogP) is 5.08. The van der Waals surface area contributed by atoms with Gasteiger partial charge in [0, 0.05) is 5.41 Å². The maximum Gasteiger partial charge on any atom is 0.456 e. The highest BCUT2D eigenvalue weighted by molar-refractivity contribution is 5.23. The van der Waals surface area contributed by atoms with Crippen molar-refractivity contribution in [2.24, 2.45) is 10.8 Å². The van der Waals surface area contributed by atoms with Crippen LogP contribution in [0.1, 0.15) is 39.0 Å². The molecule has 2 saturated carbocycles. The smallest absolute Gasteiger partial charge is 0.377 e. The van der Waals surface area contributed by atoms with Crippen LogP contribution in [0.3, 0.4) is 0 Å². The molecule has 2 aliphatic rings. The largest absolute Gasteiger partial charge is 0.456 e. The van der Waals surface area contributed by atoms with Crippen LogP contribution in [0.15, 0.2) is 0 Å². The highest BCUT2D eigenvalue weighted by atomic mass is 19.4. The lowest BCUT2D eigenvalue weighted by molar-refractivity contribution is -0.446. The average Bonchev–Trinajstić information content (AvgIpc) is 2.89. The Labute approximate surface area is 130 Å². The van der Waals surface area contributed by atoms with Gasteiger partial charge in [0.1, 0.15) is 0 Å². The van der Waals surface area contributed by atoms with Crippen molar-refractivity contribution in [3.05, 3.63) is 0 Å². The van der Waals surface area contributed by atoms with Gasteiger partial charge in [-0.25, -0.2) is 0 Å². The molecule has 24 heavy (non-hydrogen) atoms. The fourth-order valence-electron chi connectivity index (χ4n) is 4.27. The molecule has 0 saturated heterocycles. The van der Waals surface area contributed by atoms with E-state index < -0.39 is 59.9 Å². The molecule has 2 rings (SSSR count). The Balaban J connectivity index is 2.74. The SMILES string of the molecule is CC12CCC(C(O)(C(F)(F)C(F)(F)F)C(F)(F)C(F)(F)F)(CC1)C2. The number of aliphatic hydroxyl groups is 1. The molecule has 0 spiro atoms. The van der Waals surface area contributed by atoms with Crippen LogP contribution >= 0.6 is 0 Å². The molecule has 0 aromatic heterocycles. The quantitative estimate of drug-likeness (QED) is 0.681. The second-order valence-electron chi connectivity index (χ2n) is 7.12. The van der Waals surface area contributed by atoms with Gasteiger partial charge < -0.3 is 5.11 Å². The van der Waals surface area contributed by atoms with E-state index >= 15 is 0 Å². The van der Waals surface area contributed by atoms with E-state index in [1.54, 1.807) is 0 Å². The second-order valence-corrected chi connectivity index (χ2v) is 7.12. The summed E-state index contributed by atoms with van der Waals surface area (Å²) in [5.74, 6) is -13.3. The van der Waals surface area contributed by atoms with Gasteiger partial charge in [0.15, 0.2) is 0 Å². The monoisotopic (exact) mass is 376 g/mol. The van der Waals surface area contributed by atoms with E-state index in [1.807, 2.05) is 0 Å². The Morgan fingerprint density at radius 2 is 1.00 bits per heavy atom. The van der Waals surface area contributed by atoms with E-state index in [4.69, 9.17) is 0 Å². The van der Waals surface area contributed by atoms with Crippen LogP contribution in [0.2, 0.25) is 0 Å². The lowest BCUT2D eigenvalue weighted by atomic mass is 9.62. The summed E-state index contributed by atoms with van der Waals surface area (Å²) in [5, 5.41) is 9.89. The third-order valence-corrected chi connectivity index (χ3v) is 5.57. The molecule has 142 valence electrons. The van der Waals surface area contributed by atoms with E-state index in [0.29, 0.717) is 0 Å². The van der Waals surface area contributed by atoms with Gasteiger partial charge in [0.25, 0.3) is 0 Å². The minimum absolute atomic E-state index is 0.114. The predicted molar refractivity (Wildman–Crippen MR) is 60.6 cm³/mol. The van der Waals surface area contributed by atoms with Gasteiger partial charge in [-0.3, -0.25) is 0 Å². The lowest BCUT2D eigenvalue weighted by Gasteiger charge is -2.51. The van der Waals surface area contributed by atoms with Gasteiger partial charge >= 0.3 is 24.2 Å². The first kappa shape index (κ1) is 19.6. The third kappa shape index (κ3) is 2.11. The molecule has 1 nitrogen and oxygen atoms in total. The van der Waals surface area contributed by atoms with Crippen LogP contribution < -0.4 is 0 Å². The second kappa shape index (κ2) is 4.70. The third-order valence-electron chi connectivity index (χ3n) is 5.57. The Bertz CT molecular complexity index is 484. The minimum Gasteiger partial charge on any atom is -0.377 e. The van der Waals surface area contributed by atoms with Crippen molar-refractivity contribution in [2.75, 3.05) is 0 Å². The van der Waals surface area contributed by atoms with Crippen molar-refractivity contribution in [3.63, 3.8) is 0 Å². The van der Waals surface area contributed by atoms with E-state index in [-0.39, 0.29) is 12.8 Å². The average molecular weight is 376 g/mol. The minimum atomic E-state index is -6.77. The molecule has 0 aromatic carbocycles. The van der Waals surface area contributed by atoms with E-state index in [1.165, 1.54) is 6.92 Å². The standard InChI is InChI=1S/C13H14F10O/c1-7-2-4-8(6-7,5-3-7)9(24,10(14,15)12(18,19)20)11(16,17)13(21,22)23/h24H,2-6H2,1H3. The Morgan fingerprint density at radius 1 is 0.667 bits per heavy atom. The van der Waals surface area contributed by atoms with E-state index in [0.717, 1.165) is 0 Å². The van der Waals surface area contributed by atoms with Gasteiger partial charge in [-0.15, -0.1) is 0 Å². The van der Waals surface area contributed by atoms with Crippen molar-refractivity contribution in [1.29, 1.82) is 0 Å². The Hall–Kier alpha value is -0.740. The lowest BCUT2D eigenvalue weighted by Crippen LogP contribution is -2.76. The molecule has 0 radical (unpaired) electrons. The zero-order valence-corrected chi connectivity index (χ0v) is 12.3. The topological polar surface area (TPSA) is 20.2 Å². The molecular weight excluding hydrogens is 362 g/mol. The molecule has 2 aliphatic carbocycles. The summed E-state index contributed by atoms with van der Waals surface area (Å²) in [5.41, 5.74) is -9.44. The fourth-order valence-corrected chi connectivity index (χ4v) is 4.27. The first-order valence-corrected chi connectivity index (χ1v) is 6.98. The highest BCUT2D eigenvalue weighted by Gasteiger charge is 2.90. The van der Waals surface area contributed by atoms with Crippen LogP contribution in [0, 0.1) is 10.8 Å². The van der Waals surface area contributed by atoms with Crippen LogP contribution in [0.25, 0.3) is 0 Å². The maximum atomic E-state index is 13.9. The van der Waals surface area contributed by atoms with Crippen molar-refractivity contribution >= 4 is 0 Å². The normalized spacial score (nSPS) is 32.5. The molecule has 0 aromatic rings. The van der Waals surface area contributed by atoms with E-state index in [9.17, 15) is 49.0 Å². The summed E-state index contributed by atoms with van der Waals surface area (Å²) < 4.78 is 132. The molecule has 2 fully saturated rings. The summed E-state index contributed by atoms with van der Waals surface area (Å²) in [6.07, 6.45) is -16.1. The van der Waals surface area contributed by atoms with Gasteiger partial charge in [-0.05, 0) is 37.5 Å². The zero-order valence-electron chi connectivity index (χ0n) is 12.3. The Morgan fingerprint density at radius 3 is 1.21 bits per heavy atom. The summed E-state index contributed by atoms with van der Waals surface area (Å²) in [7, 11) is 0. The van der Waals surface area contributed by atoms with Crippen molar-refractivity contribution < 1.29 is 49.0 Å². The Kier molecular flexibility index (Phi) is 3.84. The van der Waals surface area contributed by atoms with Gasteiger partial charge in [0.05, 0.1) is 0 Å². The summed E-state index contributed by atoms with van der Waals surface area (Å²) in [4.78, 5) is 0. The fraction of sp³-hybridized carbons (Fsp3) is 1.00. The van der Waals surface area contributed by atoms with Crippen molar-refractivity contribution in [2.45, 2.75) is 68.8 Å². The molecule has 0 amide bonds. The first-order chi connectivity index (χ1) is 10.4. The summed E-state index contributed by atoms with van der Waals surface area (Å²) >= 11 is 0. The highest BCUT2D eigenvalue weighted by Crippen LogP contribution is 2.73. The molecule has 0 atom stereocenters. The number of alkyl halides is 10. The van der Waals surface area contributed by atoms with Gasteiger partial charge in [-0.2, -0.15) is 43.9 Å². The number of hydrogen-bond acceptors (Lipinski definition) is 1. The number of hydrogen-bond donors (Lipinski definition) is 1. The van der Waals surface area contributed by atoms with Crippen LogP contribution in [0.4, 0.5) is 43.9 Å². The number of halogens is 10. The van der Waals surface area contributed by atoms with Gasteiger partial charge in [0.2, 0.25) is 5.60 Å². The molecule has 11 heteroatoms. The summed E-state index contributed by atoms with van der Waals surface area (Å²) in [6.45, 7) is 1.40. The number of fused-ring (bicyclic) bond motifs is 2. The van der Waals surface area contributed by atoms with Crippen LogP contribution in [0.5, 0.6) is 0 Å². The van der Waals surface area contributed by atoms with E-state index in [2.05, 4.69) is 0 Å².